The zero-order valence-corrected chi connectivity index (χ0v) is 13.5. The zero-order valence-electron chi connectivity index (χ0n) is 12.7. The number of piperidine rings is 1. The summed E-state index contributed by atoms with van der Waals surface area (Å²) in [7, 11) is 0. The number of nitrogens with zero attached hydrogens (tertiary/aromatic N) is 2. The van der Waals surface area contributed by atoms with Gasteiger partial charge in [-0.1, -0.05) is 27.7 Å². The Morgan fingerprint density at radius 2 is 2.26 bits per heavy atom. The minimum Gasteiger partial charge on any atom is -0.348 e. The van der Waals surface area contributed by atoms with Crippen LogP contribution in [0.2, 0.25) is 0 Å². The number of hydrogen-bond acceptors (Lipinski definition) is 4. The molecule has 2 rings (SSSR count). The SMILES string of the molecule is CCNCc1sc(N2CCCC(C)C2)nc1C(C)C. The van der Waals surface area contributed by atoms with Crippen LogP contribution in [0.15, 0.2) is 0 Å². The van der Waals surface area contributed by atoms with Gasteiger partial charge in [-0.3, -0.25) is 0 Å². The number of nitrogens with one attached hydrogen (secondary N) is 1. The molecule has 1 N–H and O–H groups in total. The second-order valence-corrected chi connectivity index (χ2v) is 7.00. The van der Waals surface area contributed by atoms with Crippen molar-refractivity contribution >= 4 is 16.5 Å². The van der Waals surface area contributed by atoms with Crippen LogP contribution in [0.5, 0.6) is 0 Å². The Balaban J connectivity index is 2.16. The summed E-state index contributed by atoms with van der Waals surface area (Å²) >= 11 is 1.89. The summed E-state index contributed by atoms with van der Waals surface area (Å²) in [5, 5.41) is 4.68. The third-order valence-corrected chi connectivity index (χ3v) is 4.86. The number of anilines is 1. The first kappa shape index (κ1) is 14.8. The number of rotatable bonds is 5. The quantitative estimate of drug-likeness (QED) is 0.893. The average molecular weight is 281 g/mol. The number of hydrogen-bond donors (Lipinski definition) is 1. The van der Waals surface area contributed by atoms with Crippen LogP contribution in [0.25, 0.3) is 0 Å². The van der Waals surface area contributed by atoms with Gasteiger partial charge in [-0.2, -0.15) is 0 Å². The number of thiazole rings is 1. The largest absolute Gasteiger partial charge is 0.348 e. The van der Waals surface area contributed by atoms with Crippen molar-refractivity contribution in [3.8, 4) is 0 Å². The maximum Gasteiger partial charge on any atom is 0.185 e. The maximum absolute atomic E-state index is 4.93. The van der Waals surface area contributed by atoms with Crippen LogP contribution in [-0.2, 0) is 6.54 Å². The molecular weight excluding hydrogens is 254 g/mol. The Morgan fingerprint density at radius 3 is 2.89 bits per heavy atom. The monoisotopic (exact) mass is 281 g/mol. The molecule has 0 aromatic carbocycles. The maximum atomic E-state index is 4.93. The van der Waals surface area contributed by atoms with Crippen molar-refractivity contribution in [2.45, 2.75) is 53.0 Å². The normalized spacial score (nSPS) is 20.3. The standard InChI is InChI=1S/C15H27N3S/c1-5-16-9-13-14(11(2)3)17-15(19-13)18-8-6-7-12(4)10-18/h11-12,16H,5-10H2,1-4H3. The minimum absolute atomic E-state index is 0.515. The summed E-state index contributed by atoms with van der Waals surface area (Å²) in [5.41, 5.74) is 1.29. The summed E-state index contributed by atoms with van der Waals surface area (Å²) in [6, 6.07) is 0. The Labute approximate surface area is 121 Å². The second kappa shape index (κ2) is 6.71. The van der Waals surface area contributed by atoms with E-state index < -0.39 is 0 Å². The lowest BCUT2D eigenvalue weighted by atomic mass is 10.0. The first-order chi connectivity index (χ1) is 9.11. The fraction of sp³-hybridized carbons (Fsp3) is 0.800. The fourth-order valence-electron chi connectivity index (χ4n) is 2.67. The van der Waals surface area contributed by atoms with Gasteiger partial charge in [0.25, 0.3) is 0 Å². The Hall–Kier alpha value is -0.610. The third kappa shape index (κ3) is 3.69. The van der Waals surface area contributed by atoms with E-state index >= 15 is 0 Å². The molecule has 3 nitrogen and oxygen atoms in total. The molecule has 0 aliphatic carbocycles. The fourth-order valence-corrected chi connectivity index (χ4v) is 3.88. The summed E-state index contributed by atoms with van der Waals surface area (Å²) in [6.45, 7) is 13.3. The predicted octanol–water partition coefficient (Wildman–Crippen LogP) is 3.61. The minimum atomic E-state index is 0.515. The molecule has 2 heterocycles. The molecular formula is C15H27N3S. The molecule has 19 heavy (non-hydrogen) atoms. The van der Waals surface area contributed by atoms with E-state index in [1.54, 1.807) is 0 Å². The zero-order chi connectivity index (χ0) is 13.8. The number of aromatic nitrogens is 1. The van der Waals surface area contributed by atoms with Crippen molar-refractivity contribution < 1.29 is 0 Å². The summed E-state index contributed by atoms with van der Waals surface area (Å²) in [6.07, 6.45) is 2.67. The van der Waals surface area contributed by atoms with Gasteiger partial charge >= 0.3 is 0 Å². The molecule has 1 atom stereocenters. The van der Waals surface area contributed by atoms with Crippen LogP contribution in [-0.4, -0.2) is 24.6 Å². The molecule has 0 saturated carbocycles. The Bertz CT molecular complexity index is 400. The van der Waals surface area contributed by atoms with E-state index in [2.05, 4.69) is 37.9 Å². The van der Waals surface area contributed by atoms with Gasteiger partial charge in [-0.25, -0.2) is 4.98 Å². The molecule has 4 heteroatoms. The van der Waals surface area contributed by atoms with Crippen LogP contribution in [0.3, 0.4) is 0 Å². The van der Waals surface area contributed by atoms with Crippen molar-refractivity contribution in [1.82, 2.24) is 10.3 Å². The van der Waals surface area contributed by atoms with Crippen LogP contribution >= 0.6 is 11.3 Å². The van der Waals surface area contributed by atoms with Gasteiger partial charge in [0.2, 0.25) is 0 Å². The molecule has 0 radical (unpaired) electrons. The van der Waals surface area contributed by atoms with E-state index in [-0.39, 0.29) is 0 Å². The molecule has 1 aromatic heterocycles. The molecule has 108 valence electrons. The summed E-state index contributed by atoms with van der Waals surface area (Å²) < 4.78 is 0. The lowest BCUT2D eigenvalue weighted by Crippen LogP contribution is -2.34. The van der Waals surface area contributed by atoms with Gasteiger partial charge in [0.15, 0.2) is 5.13 Å². The highest BCUT2D eigenvalue weighted by molar-refractivity contribution is 7.15. The van der Waals surface area contributed by atoms with E-state index in [0.29, 0.717) is 5.92 Å². The molecule has 1 aliphatic rings. The first-order valence-corrected chi connectivity index (χ1v) is 8.38. The molecule has 1 unspecified atom stereocenters. The predicted molar refractivity (Wildman–Crippen MR) is 84.2 cm³/mol. The molecule has 0 amide bonds. The van der Waals surface area contributed by atoms with Gasteiger partial charge in [-0.05, 0) is 31.2 Å². The van der Waals surface area contributed by atoms with E-state index in [4.69, 9.17) is 4.98 Å². The van der Waals surface area contributed by atoms with Gasteiger partial charge in [0.05, 0.1) is 5.69 Å². The van der Waals surface area contributed by atoms with Gasteiger partial charge < -0.3 is 10.2 Å². The average Bonchev–Trinajstić information content (AvgIpc) is 2.80. The van der Waals surface area contributed by atoms with Gasteiger partial charge in [-0.15, -0.1) is 11.3 Å². The van der Waals surface area contributed by atoms with Crippen molar-refractivity contribution in [3.05, 3.63) is 10.6 Å². The van der Waals surface area contributed by atoms with E-state index in [0.717, 1.165) is 19.0 Å². The van der Waals surface area contributed by atoms with Gasteiger partial charge in [0.1, 0.15) is 0 Å². The molecule has 1 fully saturated rings. The highest BCUT2D eigenvalue weighted by Gasteiger charge is 2.22. The van der Waals surface area contributed by atoms with Crippen LogP contribution < -0.4 is 10.2 Å². The highest BCUT2D eigenvalue weighted by Crippen LogP contribution is 2.32. The molecule has 1 aromatic rings. The van der Waals surface area contributed by atoms with Gasteiger partial charge in [0, 0.05) is 24.5 Å². The smallest absolute Gasteiger partial charge is 0.185 e. The topological polar surface area (TPSA) is 28.2 Å². The molecule has 0 bridgehead atoms. The van der Waals surface area contributed by atoms with Crippen molar-refractivity contribution in [3.63, 3.8) is 0 Å². The van der Waals surface area contributed by atoms with Crippen molar-refractivity contribution in [1.29, 1.82) is 0 Å². The van der Waals surface area contributed by atoms with Crippen LogP contribution in [0.4, 0.5) is 5.13 Å². The van der Waals surface area contributed by atoms with E-state index in [9.17, 15) is 0 Å². The summed E-state index contributed by atoms with van der Waals surface area (Å²) in [4.78, 5) is 8.83. The third-order valence-electron chi connectivity index (χ3n) is 3.73. The second-order valence-electron chi connectivity index (χ2n) is 5.93. The van der Waals surface area contributed by atoms with Crippen molar-refractivity contribution in [2.24, 2.45) is 5.92 Å². The summed E-state index contributed by atoms with van der Waals surface area (Å²) in [5.74, 6) is 1.32. The molecule has 1 saturated heterocycles. The lowest BCUT2D eigenvalue weighted by Gasteiger charge is -2.30. The van der Waals surface area contributed by atoms with Crippen LogP contribution in [0.1, 0.15) is 57.0 Å². The molecule has 0 spiro atoms. The first-order valence-electron chi connectivity index (χ1n) is 7.57. The van der Waals surface area contributed by atoms with Crippen molar-refractivity contribution in [2.75, 3.05) is 24.5 Å². The van der Waals surface area contributed by atoms with E-state index in [1.165, 1.54) is 41.6 Å². The van der Waals surface area contributed by atoms with E-state index in [1.807, 2.05) is 11.3 Å². The molecule has 1 aliphatic heterocycles. The highest BCUT2D eigenvalue weighted by atomic mass is 32.1. The Morgan fingerprint density at radius 1 is 1.47 bits per heavy atom. The lowest BCUT2D eigenvalue weighted by molar-refractivity contribution is 0.446. The van der Waals surface area contributed by atoms with Crippen LogP contribution in [0, 0.1) is 5.92 Å². The Kier molecular flexibility index (Phi) is 5.22.